The third-order valence-corrected chi connectivity index (χ3v) is 4.54. The lowest BCUT2D eigenvalue weighted by Crippen LogP contribution is -2.47. The number of hydrogen-bond acceptors (Lipinski definition) is 4. The molecule has 0 fully saturated rings. The minimum Gasteiger partial charge on any atom is -0.494 e. The number of aliphatic imine (C=N–C) groups is 1. The fourth-order valence-corrected chi connectivity index (χ4v) is 2.88. The maximum absolute atomic E-state index is 12.5. The van der Waals surface area contributed by atoms with E-state index in [1.807, 2.05) is 12.1 Å². The van der Waals surface area contributed by atoms with Crippen molar-refractivity contribution in [1.29, 1.82) is 0 Å². The highest BCUT2D eigenvalue weighted by molar-refractivity contribution is 6.30. The van der Waals surface area contributed by atoms with Gasteiger partial charge in [0.1, 0.15) is 5.75 Å². The van der Waals surface area contributed by atoms with Crippen LogP contribution < -0.4 is 15.4 Å². The molecule has 0 aromatic heterocycles. The highest BCUT2D eigenvalue weighted by atomic mass is 35.5. The fourth-order valence-electron chi connectivity index (χ4n) is 2.75. The van der Waals surface area contributed by atoms with Gasteiger partial charge >= 0.3 is 0 Å². The molecule has 3 rings (SSSR count). The maximum atomic E-state index is 12.5. The molecule has 1 aliphatic rings. The van der Waals surface area contributed by atoms with Crippen LogP contribution in [-0.2, 0) is 4.79 Å². The highest BCUT2D eigenvalue weighted by Gasteiger charge is 2.23. The molecule has 146 valence electrons. The standard InChI is InChI=1S/C21H22ClN3O3/c1-2-3-12-28-17-10-6-15(7-11-17)20(27)25-21-23-18(13-19(26)24-21)14-4-8-16(22)9-5-14/h4-11,18H,2-3,12-13H2,1H3,(H2,23,24,25,26,27)/t18-/m0/s1. The average Bonchev–Trinajstić information content (AvgIpc) is 2.69. The van der Waals surface area contributed by atoms with E-state index in [2.05, 4.69) is 22.5 Å². The van der Waals surface area contributed by atoms with E-state index in [0.717, 1.165) is 24.2 Å². The summed E-state index contributed by atoms with van der Waals surface area (Å²) in [5.74, 6) is 0.307. The summed E-state index contributed by atoms with van der Waals surface area (Å²) in [6.45, 7) is 2.75. The normalized spacial score (nSPS) is 16.1. The van der Waals surface area contributed by atoms with Crippen molar-refractivity contribution in [3.05, 3.63) is 64.7 Å². The van der Waals surface area contributed by atoms with Crippen molar-refractivity contribution in [3.8, 4) is 5.75 Å². The van der Waals surface area contributed by atoms with E-state index in [0.29, 0.717) is 17.2 Å². The molecule has 2 amide bonds. The summed E-state index contributed by atoms with van der Waals surface area (Å²) in [6.07, 6.45) is 2.26. The van der Waals surface area contributed by atoms with Crippen molar-refractivity contribution in [2.24, 2.45) is 4.99 Å². The second-order valence-electron chi connectivity index (χ2n) is 6.48. The van der Waals surface area contributed by atoms with Gasteiger partial charge in [-0.1, -0.05) is 37.1 Å². The summed E-state index contributed by atoms with van der Waals surface area (Å²) in [6, 6.07) is 13.7. The van der Waals surface area contributed by atoms with Gasteiger partial charge in [0.05, 0.1) is 19.1 Å². The van der Waals surface area contributed by atoms with Crippen LogP contribution in [0.4, 0.5) is 0 Å². The number of guanidine groups is 1. The van der Waals surface area contributed by atoms with Gasteiger partial charge in [-0.3, -0.25) is 20.2 Å². The van der Waals surface area contributed by atoms with Crippen LogP contribution in [0.25, 0.3) is 0 Å². The number of carbonyl (C=O) groups is 2. The van der Waals surface area contributed by atoms with E-state index >= 15 is 0 Å². The molecule has 6 nitrogen and oxygen atoms in total. The number of rotatable bonds is 6. The molecule has 0 spiro atoms. The summed E-state index contributed by atoms with van der Waals surface area (Å²) >= 11 is 5.91. The summed E-state index contributed by atoms with van der Waals surface area (Å²) in [5, 5.41) is 5.88. The first kappa shape index (κ1) is 19.9. The van der Waals surface area contributed by atoms with Crippen LogP contribution in [0.15, 0.2) is 53.5 Å². The summed E-state index contributed by atoms with van der Waals surface area (Å²) < 4.78 is 5.59. The first-order valence-corrected chi connectivity index (χ1v) is 9.60. The van der Waals surface area contributed by atoms with Gasteiger partial charge in [-0.15, -0.1) is 0 Å². The predicted octanol–water partition coefficient (Wildman–Crippen LogP) is 3.87. The van der Waals surface area contributed by atoms with E-state index in [4.69, 9.17) is 16.3 Å². The Morgan fingerprint density at radius 2 is 1.93 bits per heavy atom. The van der Waals surface area contributed by atoms with Crippen molar-refractivity contribution in [2.75, 3.05) is 6.61 Å². The average molecular weight is 400 g/mol. The van der Waals surface area contributed by atoms with Crippen molar-refractivity contribution in [3.63, 3.8) is 0 Å². The van der Waals surface area contributed by atoms with Crippen LogP contribution in [-0.4, -0.2) is 24.4 Å². The second kappa shape index (κ2) is 9.37. The van der Waals surface area contributed by atoms with Crippen LogP contribution in [0.3, 0.4) is 0 Å². The maximum Gasteiger partial charge on any atom is 0.257 e. The SMILES string of the molecule is CCCCOc1ccc(C(=O)NC2=N[C@H](c3ccc(Cl)cc3)CC(=O)N2)cc1. The van der Waals surface area contributed by atoms with Gasteiger partial charge < -0.3 is 4.74 Å². The molecule has 1 atom stereocenters. The number of unbranched alkanes of at least 4 members (excludes halogenated alkanes) is 1. The van der Waals surface area contributed by atoms with Crippen LogP contribution in [0.2, 0.25) is 5.02 Å². The van der Waals surface area contributed by atoms with E-state index in [9.17, 15) is 9.59 Å². The van der Waals surface area contributed by atoms with E-state index in [1.165, 1.54) is 0 Å². The first-order chi connectivity index (χ1) is 13.5. The Labute approximate surface area is 169 Å². The van der Waals surface area contributed by atoms with Crippen LogP contribution >= 0.6 is 11.6 Å². The fraction of sp³-hybridized carbons (Fsp3) is 0.286. The summed E-state index contributed by atoms with van der Waals surface area (Å²) in [7, 11) is 0. The van der Waals surface area contributed by atoms with Gasteiger partial charge in [0, 0.05) is 10.6 Å². The molecule has 2 aromatic carbocycles. The van der Waals surface area contributed by atoms with Gasteiger partial charge in [0.15, 0.2) is 0 Å². The highest BCUT2D eigenvalue weighted by Crippen LogP contribution is 2.24. The number of amides is 2. The molecule has 0 unspecified atom stereocenters. The molecule has 0 bridgehead atoms. The Kier molecular flexibility index (Phi) is 6.66. The molecule has 28 heavy (non-hydrogen) atoms. The quantitative estimate of drug-likeness (QED) is 0.723. The Morgan fingerprint density at radius 1 is 1.21 bits per heavy atom. The number of hydrogen-bond donors (Lipinski definition) is 2. The predicted molar refractivity (Wildman–Crippen MR) is 109 cm³/mol. The Hall–Kier alpha value is -2.86. The van der Waals surface area contributed by atoms with Gasteiger partial charge in [-0.05, 0) is 48.4 Å². The minimum atomic E-state index is -0.365. The van der Waals surface area contributed by atoms with Crippen LogP contribution in [0.5, 0.6) is 5.75 Å². The zero-order valence-corrected chi connectivity index (χ0v) is 16.3. The molecule has 2 N–H and O–H groups in total. The smallest absolute Gasteiger partial charge is 0.257 e. The number of benzene rings is 2. The Balaban J connectivity index is 1.66. The third-order valence-electron chi connectivity index (χ3n) is 4.29. The molecule has 1 aliphatic heterocycles. The second-order valence-corrected chi connectivity index (χ2v) is 6.91. The lowest BCUT2D eigenvalue weighted by Gasteiger charge is -2.21. The Bertz CT molecular complexity index is 863. The number of nitrogens with zero attached hydrogens (tertiary/aromatic N) is 1. The van der Waals surface area contributed by atoms with Gasteiger partial charge in [0.2, 0.25) is 11.9 Å². The molecular formula is C21H22ClN3O3. The zero-order chi connectivity index (χ0) is 19.9. The summed E-state index contributed by atoms with van der Waals surface area (Å²) in [5.41, 5.74) is 1.31. The van der Waals surface area contributed by atoms with Crippen LogP contribution in [0.1, 0.15) is 48.1 Å². The number of ether oxygens (including phenoxy) is 1. The van der Waals surface area contributed by atoms with E-state index in [1.54, 1.807) is 36.4 Å². The molecule has 0 radical (unpaired) electrons. The van der Waals surface area contributed by atoms with Crippen molar-refractivity contribution in [1.82, 2.24) is 10.6 Å². The van der Waals surface area contributed by atoms with Gasteiger partial charge in [0.25, 0.3) is 5.91 Å². The molecule has 2 aromatic rings. The largest absolute Gasteiger partial charge is 0.494 e. The molecule has 0 saturated carbocycles. The summed E-state index contributed by atoms with van der Waals surface area (Å²) in [4.78, 5) is 29.0. The minimum absolute atomic E-state index is 0.143. The van der Waals surface area contributed by atoms with E-state index in [-0.39, 0.29) is 30.2 Å². The zero-order valence-electron chi connectivity index (χ0n) is 15.6. The van der Waals surface area contributed by atoms with Crippen molar-refractivity contribution < 1.29 is 14.3 Å². The number of carbonyl (C=O) groups excluding carboxylic acids is 2. The van der Waals surface area contributed by atoms with E-state index < -0.39 is 0 Å². The third kappa shape index (κ3) is 5.33. The lowest BCUT2D eigenvalue weighted by molar-refractivity contribution is -0.120. The van der Waals surface area contributed by atoms with Crippen molar-refractivity contribution in [2.45, 2.75) is 32.2 Å². The molecule has 0 aliphatic carbocycles. The number of nitrogens with one attached hydrogen (secondary N) is 2. The van der Waals surface area contributed by atoms with Crippen molar-refractivity contribution >= 4 is 29.4 Å². The lowest BCUT2D eigenvalue weighted by atomic mass is 10.0. The van der Waals surface area contributed by atoms with Gasteiger partial charge in [-0.2, -0.15) is 0 Å². The Morgan fingerprint density at radius 3 is 2.61 bits per heavy atom. The monoisotopic (exact) mass is 399 g/mol. The molecule has 0 saturated heterocycles. The van der Waals surface area contributed by atoms with Crippen LogP contribution in [0, 0.1) is 0 Å². The topological polar surface area (TPSA) is 79.8 Å². The first-order valence-electron chi connectivity index (χ1n) is 9.22. The molecule has 1 heterocycles. The number of halogens is 1. The van der Waals surface area contributed by atoms with Gasteiger partial charge in [-0.25, -0.2) is 4.99 Å². The molecular weight excluding hydrogens is 378 g/mol. The molecule has 7 heteroatoms.